The van der Waals surface area contributed by atoms with Crippen molar-refractivity contribution in [3.63, 3.8) is 0 Å². The van der Waals surface area contributed by atoms with Crippen LogP contribution in [-0.2, 0) is 19.7 Å². The topological polar surface area (TPSA) is 81.7 Å². The molecule has 0 aliphatic heterocycles. The summed E-state index contributed by atoms with van der Waals surface area (Å²) >= 11 is 0. The minimum Gasteiger partial charge on any atom is -0.465 e. The van der Waals surface area contributed by atoms with Gasteiger partial charge in [0.05, 0.1) is 25.3 Å². The molecule has 2 aromatic rings. The van der Waals surface area contributed by atoms with Gasteiger partial charge in [-0.15, -0.1) is 0 Å². The van der Waals surface area contributed by atoms with Gasteiger partial charge in [-0.3, -0.25) is 4.79 Å². The van der Waals surface area contributed by atoms with Gasteiger partial charge in [-0.05, 0) is 40.8 Å². The number of hydrogen-bond donors (Lipinski definition) is 1. The van der Waals surface area contributed by atoms with Gasteiger partial charge in [-0.2, -0.15) is 0 Å². The Hall–Kier alpha value is -3.41. The lowest BCUT2D eigenvalue weighted by Gasteiger charge is -2.18. The Morgan fingerprint density at radius 2 is 1.38 bits per heavy atom. The maximum atomic E-state index is 12.3. The van der Waals surface area contributed by atoms with Gasteiger partial charge in [-0.25, -0.2) is 9.59 Å². The van der Waals surface area contributed by atoms with E-state index in [1.54, 1.807) is 6.08 Å². The third-order valence-electron chi connectivity index (χ3n) is 4.25. The quantitative estimate of drug-likeness (QED) is 0.606. The van der Waals surface area contributed by atoms with Crippen molar-refractivity contribution in [3.8, 4) is 0 Å². The highest BCUT2D eigenvalue weighted by atomic mass is 16.5. The smallest absolute Gasteiger partial charge is 0.337 e. The third-order valence-corrected chi connectivity index (χ3v) is 4.25. The van der Waals surface area contributed by atoms with Crippen molar-refractivity contribution in [3.05, 3.63) is 70.8 Å². The van der Waals surface area contributed by atoms with E-state index in [2.05, 4.69) is 35.6 Å². The Bertz CT molecular complexity index is 902. The van der Waals surface area contributed by atoms with Crippen LogP contribution in [0.5, 0.6) is 0 Å². The van der Waals surface area contributed by atoms with Crippen LogP contribution in [0.2, 0.25) is 0 Å². The van der Waals surface area contributed by atoms with Gasteiger partial charge in [0.1, 0.15) is 0 Å². The van der Waals surface area contributed by atoms with Gasteiger partial charge < -0.3 is 14.8 Å². The molecule has 2 rings (SSSR count). The van der Waals surface area contributed by atoms with E-state index in [0.717, 1.165) is 5.56 Å². The Labute approximate surface area is 170 Å². The van der Waals surface area contributed by atoms with E-state index in [0.29, 0.717) is 0 Å². The van der Waals surface area contributed by atoms with Crippen LogP contribution in [-0.4, -0.2) is 32.1 Å². The van der Waals surface area contributed by atoms with E-state index in [4.69, 9.17) is 0 Å². The van der Waals surface area contributed by atoms with Crippen LogP contribution in [0.25, 0.3) is 6.08 Å². The van der Waals surface area contributed by atoms with Crippen LogP contribution in [0.1, 0.15) is 52.6 Å². The average molecular weight is 395 g/mol. The molecule has 6 heteroatoms. The van der Waals surface area contributed by atoms with E-state index >= 15 is 0 Å². The molecule has 0 saturated carbocycles. The number of amides is 1. The number of esters is 2. The van der Waals surface area contributed by atoms with Gasteiger partial charge in [0.25, 0.3) is 0 Å². The summed E-state index contributed by atoms with van der Waals surface area (Å²) in [4.78, 5) is 35.9. The van der Waals surface area contributed by atoms with Crippen LogP contribution in [0.15, 0.2) is 48.5 Å². The molecule has 0 atom stereocenters. The van der Waals surface area contributed by atoms with E-state index in [9.17, 15) is 14.4 Å². The molecule has 6 nitrogen and oxygen atoms in total. The lowest BCUT2D eigenvalue weighted by Crippen LogP contribution is -2.12. The summed E-state index contributed by atoms with van der Waals surface area (Å²) in [6, 6.07) is 12.2. The number of rotatable bonds is 5. The summed E-state index contributed by atoms with van der Waals surface area (Å²) < 4.78 is 9.37. The molecule has 0 fully saturated rings. The van der Waals surface area contributed by atoms with Crippen molar-refractivity contribution in [2.75, 3.05) is 19.5 Å². The second-order valence-corrected chi connectivity index (χ2v) is 7.48. The van der Waals surface area contributed by atoms with E-state index in [1.165, 1.54) is 44.1 Å². The Kier molecular flexibility index (Phi) is 6.93. The van der Waals surface area contributed by atoms with Crippen LogP contribution in [0, 0.1) is 0 Å². The van der Waals surface area contributed by atoms with Crippen molar-refractivity contribution >= 4 is 29.6 Å². The Morgan fingerprint density at radius 3 is 1.83 bits per heavy atom. The lowest BCUT2D eigenvalue weighted by molar-refractivity contribution is -0.111. The lowest BCUT2D eigenvalue weighted by atomic mass is 9.87. The molecule has 0 aromatic heterocycles. The van der Waals surface area contributed by atoms with Crippen LogP contribution >= 0.6 is 0 Å². The normalized spacial score (nSPS) is 11.2. The first-order valence-electron chi connectivity index (χ1n) is 9.05. The fourth-order valence-corrected chi connectivity index (χ4v) is 2.62. The molecular formula is C23H25NO5. The molecule has 1 amide bonds. The number of ether oxygens (including phenoxy) is 2. The summed E-state index contributed by atoms with van der Waals surface area (Å²) in [6.45, 7) is 6.41. The maximum absolute atomic E-state index is 12.3. The molecule has 0 saturated heterocycles. The monoisotopic (exact) mass is 395 g/mol. The zero-order valence-electron chi connectivity index (χ0n) is 17.2. The van der Waals surface area contributed by atoms with E-state index in [-0.39, 0.29) is 22.2 Å². The SMILES string of the molecule is COC(=O)c1cc(NC(=O)C=Cc2ccc(C(C)(C)C)cc2)cc(C(=O)OC)c1. The first-order valence-corrected chi connectivity index (χ1v) is 9.05. The molecule has 1 N–H and O–H groups in total. The highest BCUT2D eigenvalue weighted by Gasteiger charge is 2.15. The fraction of sp³-hybridized carbons (Fsp3) is 0.261. The number of nitrogens with one attached hydrogen (secondary N) is 1. The van der Waals surface area contributed by atoms with Gasteiger partial charge >= 0.3 is 11.9 Å². The van der Waals surface area contributed by atoms with Gasteiger partial charge in [0.2, 0.25) is 5.91 Å². The summed E-state index contributed by atoms with van der Waals surface area (Å²) in [7, 11) is 2.47. The summed E-state index contributed by atoms with van der Waals surface area (Å²) in [6.07, 6.45) is 3.07. The Morgan fingerprint density at radius 1 is 0.862 bits per heavy atom. The molecule has 0 bridgehead atoms. The highest BCUT2D eigenvalue weighted by Crippen LogP contribution is 2.22. The molecule has 0 heterocycles. The number of hydrogen-bond acceptors (Lipinski definition) is 5. The Balaban J connectivity index is 2.18. The molecule has 2 aromatic carbocycles. The van der Waals surface area contributed by atoms with Crippen molar-refractivity contribution in [1.29, 1.82) is 0 Å². The number of carbonyl (C=O) groups is 3. The maximum Gasteiger partial charge on any atom is 0.337 e. The summed E-state index contributed by atoms with van der Waals surface area (Å²) in [5.41, 5.74) is 2.69. The molecule has 0 aliphatic carbocycles. The third kappa shape index (κ3) is 6.04. The number of methoxy groups -OCH3 is 2. The molecule has 0 radical (unpaired) electrons. The van der Waals surface area contributed by atoms with Gasteiger partial charge in [-0.1, -0.05) is 45.0 Å². The summed E-state index contributed by atoms with van der Waals surface area (Å²) in [5, 5.41) is 2.65. The molecule has 152 valence electrons. The first kappa shape index (κ1) is 21.9. The van der Waals surface area contributed by atoms with Crippen molar-refractivity contribution in [2.45, 2.75) is 26.2 Å². The summed E-state index contributed by atoms with van der Waals surface area (Å²) in [5.74, 6) is -1.65. The average Bonchev–Trinajstić information content (AvgIpc) is 2.70. The minimum absolute atomic E-state index is 0.0572. The standard InChI is InChI=1S/C23H25NO5/c1-23(2,3)18-9-6-15(7-10-18)8-11-20(25)24-19-13-16(21(26)28-4)12-17(14-19)22(27)29-5/h6-14H,1-5H3,(H,24,25). The predicted octanol–water partition coefficient (Wildman–Crippen LogP) is 4.21. The van der Waals surface area contributed by atoms with Gasteiger partial charge in [0.15, 0.2) is 0 Å². The molecule has 0 spiro atoms. The fourth-order valence-electron chi connectivity index (χ4n) is 2.62. The zero-order valence-corrected chi connectivity index (χ0v) is 17.2. The van der Waals surface area contributed by atoms with Crippen LogP contribution < -0.4 is 5.32 Å². The largest absolute Gasteiger partial charge is 0.465 e. The number of anilines is 1. The number of carbonyl (C=O) groups excluding carboxylic acids is 3. The molecule has 0 unspecified atom stereocenters. The first-order chi connectivity index (χ1) is 13.6. The van der Waals surface area contributed by atoms with Crippen molar-refractivity contribution < 1.29 is 23.9 Å². The van der Waals surface area contributed by atoms with Crippen LogP contribution in [0.4, 0.5) is 5.69 Å². The van der Waals surface area contributed by atoms with E-state index in [1.807, 2.05) is 24.3 Å². The van der Waals surface area contributed by atoms with Gasteiger partial charge in [0, 0.05) is 11.8 Å². The minimum atomic E-state index is -0.624. The van der Waals surface area contributed by atoms with Crippen molar-refractivity contribution in [2.24, 2.45) is 0 Å². The predicted molar refractivity (Wildman–Crippen MR) is 112 cm³/mol. The second kappa shape index (κ2) is 9.19. The van der Waals surface area contributed by atoms with Crippen molar-refractivity contribution in [1.82, 2.24) is 0 Å². The van der Waals surface area contributed by atoms with Crippen LogP contribution in [0.3, 0.4) is 0 Å². The molecule has 0 aliphatic rings. The zero-order chi connectivity index (χ0) is 21.6. The molecule has 29 heavy (non-hydrogen) atoms. The molecular weight excluding hydrogens is 370 g/mol. The second-order valence-electron chi connectivity index (χ2n) is 7.48. The highest BCUT2D eigenvalue weighted by molar-refractivity contribution is 6.04. The van der Waals surface area contributed by atoms with E-state index < -0.39 is 17.8 Å². The number of benzene rings is 2.